The molecular weight excluding hydrogens is 264 g/mol. The summed E-state index contributed by atoms with van der Waals surface area (Å²) < 4.78 is 11.4. The lowest BCUT2D eigenvalue weighted by atomic mass is 10.1. The molecule has 1 fully saturated rings. The van der Waals surface area contributed by atoms with Crippen LogP contribution in [0.4, 0.5) is 0 Å². The molecule has 1 saturated heterocycles. The molecule has 1 aliphatic heterocycles. The summed E-state index contributed by atoms with van der Waals surface area (Å²) in [6.07, 6.45) is 4.46. The molecule has 0 aromatic heterocycles. The second-order valence-electron chi connectivity index (χ2n) is 6.08. The number of hydrogen-bond donors (Lipinski definition) is 0. The van der Waals surface area contributed by atoms with Crippen LogP contribution < -0.4 is 0 Å². The first-order valence-corrected chi connectivity index (χ1v) is 11.0. The van der Waals surface area contributed by atoms with E-state index in [0.29, 0.717) is 5.92 Å². The van der Waals surface area contributed by atoms with Crippen molar-refractivity contribution in [2.75, 3.05) is 13.2 Å². The Hall–Kier alpha value is -0.303. The van der Waals surface area contributed by atoms with Gasteiger partial charge in [0.25, 0.3) is 0 Å². The summed E-state index contributed by atoms with van der Waals surface area (Å²) >= 11 is 0. The Labute approximate surface area is 126 Å². The lowest BCUT2D eigenvalue weighted by Gasteiger charge is -2.24. The molecule has 116 valence electrons. The predicted molar refractivity (Wildman–Crippen MR) is 88.3 cm³/mol. The molecule has 20 heavy (non-hydrogen) atoms. The van der Waals surface area contributed by atoms with Gasteiger partial charge in [0.1, 0.15) is 8.07 Å². The summed E-state index contributed by atoms with van der Waals surface area (Å²) in [5, 5.41) is 0. The molecule has 1 heterocycles. The van der Waals surface area contributed by atoms with Crippen LogP contribution in [0.3, 0.4) is 0 Å². The smallest absolute Gasteiger partial charge is 0.157 e. The average Bonchev–Trinajstić information content (AvgIpc) is 2.51. The summed E-state index contributed by atoms with van der Waals surface area (Å²) in [6.45, 7) is 10.8. The fourth-order valence-electron chi connectivity index (χ4n) is 2.60. The minimum Gasteiger partial charge on any atom is -0.353 e. The fraction of sp³-hybridized carbons (Fsp3) is 0.882. The van der Waals surface area contributed by atoms with Crippen molar-refractivity contribution in [3.63, 3.8) is 0 Å². The molecule has 0 spiro atoms. The molecular formula is C17H32O2Si. The molecule has 0 aliphatic carbocycles. The van der Waals surface area contributed by atoms with E-state index in [1.807, 2.05) is 0 Å². The Bertz CT molecular complexity index is 300. The third-order valence-electron chi connectivity index (χ3n) is 4.54. The van der Waals surface area contributed by atoms with Crippen LogP contribution in [0.1, 0.15) is 53.4 Å². The molecule has 0 amide bonds. The first kappa shape index (κ1) is 17.7. The van der Waals surface area contributed by atoms with E-state index in [-0.39, 0.29) is 6.29 Å². The lowest BCUT2D eigenvalue weighted by molar-refractivity contribution is -0.167. The van der Waals surface area contributed by atoms with Crippen LogP contribution in [0.15, 0.2) is 0 Å². The normalized spacial score (nSPS) is 21.1. The van der Waals surface area contributed by atoms with E-state index >= 15 is 0 Å². The number of ether oxygens (including phenoxy) is 2. The summed E-state index contributed by atoms with van der Waals surface area (Å²) in [4.78, 5) is 0. The van der Waals surface area contributed by atoms with Gasteiger partial charge in [0.05, 0.1) is 6.61 Å². The zero-order valence-corrected chi connectivity index (χ0v) is 14.8. The molecule has 1 unspecified atom stereocenters. The molecule has 3 heteroatoms. The molecule has 2 atom stereocenters. The predicted octanol–water partition coefficient (Wildman–Crippen LogP) is 4.61. The maximum absolute atomic E-state index is 5.83. The fourth-order valence-corrected chi connectivity index (χ4v) is 5.11. The SMILES string of the molecule is CC[Si](C#CC[C@@H](C)COC1CCCCO1)(CC)CC. The Morgan fingerprint density at radius 2 is 1.90 bits per heavy atom. The topological polar surface area (TPSA) is 18.5 Å². The van der Waals surface area contributed by atoms with Crippen molar-refractivity contribution in [2.24, 2.45) is 5.92 Å². The van der Waals surface area contributed by atoms with Gasteiger partial charge in [-0.25, -0.2) is 0 Å². The van der Waals surface area contributed by atoms with Gasteiger partial charge in [-0.15, -0.1) is 11.5 Å². The Morgan fingerprint density at radius 3 is 2.45 bits per heavy atom. The largest absolute Gasteiger partial charge is 0.353 e. The summed E-state index contributed by atoms with van der Waals surface area (Å²) in [5.41, 5.74) is 3.65. The summed E-state index contributed by atoms with van der Waals surface area (Å²) in [5.74, 6) is 3.96. The Balaban J connectivity index is 2.30. The lowest BCUT2D eigenvalue weighted by Crippen LogP contribution is -2.29. The first-order chi connectivity index (χ1) is 9.65. The highest BCUT2D eigenvalue weighted by Gasteiger charge is 2.24. The van der Waals surface area contributed by atoms with E-state index in [1.165, 1.54) is 31.0 Å². The quantitative estimate of drug-likeness (QED) is 0.504. The molecule has 0 bridgehead atoms. The molecule has 0 radical (unpaired) electrons. The molecule has 1 aliphatic rings. The monoisotopic (exact) mass is 296 g/mol. The van der Waals surface area contributed by atoms with Crippen molar-refractivity contribution in [2.45, 2.75) is 77.8 Å². The van der Waals surface area contributed by atoms with Crippen molar-refractivity contribution in [1.82, 2.24) is 0 Å². The highest BCUT2D eigenvalue weighted by atomic mass is 28.3. The van der Waals surface area contributed by atoms with Gasteiger partial charge in [0.2, 0.25) is 0 Å². The standard InChI is InChI=1S/C17H32O2Si/c1-5-20(6-2,7-3)14-10-11-16(4)15-19-17-12-8-9-13-18-17/h16-17H,5-9,11-13,15H2,1-4H3/t16-,17?/m1/s1. The minimum absolute atomic E-state index is 0.0366. The van der Waals surface area contributed by atoms with E-state index in [9.17, 15) is 0 Å². The molecule has 0 aromatic rings. The summed E-state index contributed by atoms with van der Waals surface area (Å²) in [6, 6.07) is 3.86. The van der Waals surface area contributed by atoms with Crippen LogP contribution in [-0.2, 0) is 9.47 Å². The van der Waals surface area contributed by atoms with E-state index in [2.05, 4.69) is 39.2 Å². The highest BCUT2D eigenvalue weighted by molar-refractivity contribution is 6.87. The third kappa shape index (κ3) is 5.99. The van der Waals surface area contributed by atoms with Crippen LogP contribution in [-0.4, -0.2) is 27.6 Å². The van der Waals surface area contributed by atoms with Crippen molar-refractivity contribution in [3.8, 4) is 11.5 Å². The Morgan fingerprint density at radius 1 is 1.20 bits per heavy atom. The maximum atomic E-state index is 5.83. The molecule has 0 aromatic carbocycles. The van der Waals surface area contributed by atoms with Gasteiger partial charge < -0.3 is 9.47 Å². The van der Waals surface area contributed by atoms with Crippen LogP contribution in [0.2, 0.25) is 18.1 Å². The molecule has 0 saturated carbocycles. The van der Waals surface area contributed by atoms with Gasteiger partial charge in [0.15, 0.2) is 6.29 Å². The zero-order chi connectivity index (χ0) is 14.8. The van der Waals surface area contributed by atoms with Crippen molar-refractivity contribution in [3.05, 3.63) is 0 Å². The third-order valence-corrected chi connectivity index (χ3v) is 9.31. The van der Waals surface area contributed by atoms with Crippen LogP contribution >= 0.6 is 0 Å². The average molecular weight is 297 g/mol. The van der Waals surface area contributed by atoms with Gasteiger partial charge in [-0.05, 0) is 43.3 Å². The van der Waals surface area contributed by atoms with E-state index in [1.54, 1.807) is 0 Å². The zero-order valence-electron chi connectivity index (χ0n) is 13.8. The number of rotatable bonds is 7. The second-order valence-corrected chi connectivity index (χ2v) is 11.0. The number of hydrogen-bond acceptors (Lipinski definition) is 2. The summed E-state index contributed by atoms with van der Waals surface area (Å²) in [7, 11) is -1.27. The maximum Gasteiger partial charge on any atom is 0.157 e. The van der Waals surface area contributed by atoms with Gasteiger partial charge in [-0.2, -0.15) is 0 Å². The van der Waals surface area contributed by atoms with Crippen molar-refractivity contribution in [1.29, 1.82) is 0 Å². The van der Waals surface area contributed by atoms with Crippen LogP contribution in [0, 0.1) is 17.4 Å². The highest BCUT2D eigenvalue weighted by Crippen LogP contribution is 2.19. The van der Waals surface area contributed by atoms with Crippen molar-refractivity contribution >= 4 is 8.07 Å². The van der Waals surface area contributed by atoms with E-state index in [0.717, 1.165) is 26.1 Å². The molecule has 0 N–H and O–H groups in total. The van der Waals surface area contributed by atoms with E-state index < -0.39 is 8.07 Å². The van der Waals surface area contributed by atoms with Gasteiger partial charge in [-0.3, -0.25) is 0 Å². The molecule has 2 nitrogen and oxygen atoms in total. The van der Waals surface area contributed by atoms with Crippen LogP contribution in [0.25, 0.3) is 0 Å². The Kier molecular flexibility index (Phi) is 8.52. The van der Waals surface area contributed by atoms with Gasteiger partial charge >= 0.3 is 0 Å². The van der Waals surface area contributed by atoms with Crippen molar-refractivity contribution < 1.29 is 9.47 Å². The molecule has 1 rings (SSSR count). The second kappa shape index (κ2) is 9.60. The van der Waals surface area contributed by atoms with E-state index in [4.69, 9.17) is 9.47 Å². The van der Waals surface area contributed by atoms with Gasteiger partial charge in [-0.1, -0.05) is 27.7 Å². The van der Waals surface area contributed by atoms with Gasteiger partial charge in [0, 0.05) is 13.0 Å². The van der Waals surface area contributed by atoms with Crippen LogP contribution in [0.5, 0.6) is 0 Å². The minimum atomic E-state index is -1.27. The first-order valence-electron chi connectivity index (χ1n) is 8.39.